The number of alkyl halides is 3. The molecule has 0 rings (SSSR count). The summed E-state index contributed by atoms with van der Waals surface area (Å²) in [5.41, 5.74) is -0.560. The zero-order valence-corrected chi connectivity index (χ0v) is 11.8. The van der Waals surface area contributed by atoms with Gasteiger partial charge in [0.2, 0.25) is 0 Å². The second-order valence-corrected chi connectivity index (χ2v) is 5.51. The van der Waals surface area contributed by atoms with Gasteiger partial charge < -0.3 is 14.7 Å². The molecule has 7 heteroatoms. The maximum absolute atomic E-state index is 12.1. The second-order valence-electron chi connectivity index (χ2n) is 5.51. The number of aliphatic hydroxyl groups excluding tert-OH is 1. The predicted molar refractivity (Wildman–Crippen MR) is 64.6 cm³/mol. The molecule has 0 bridgehead atoms. The first-order chi connectivity index (χ1) is 8.42. The third-order valence-electron chi connectivity index (χ3n) is 2.20. The van der Waals surface area contributed by atoms with Crippen LogP contribution in [0.1, 0.15) is 33.6 Å². The third-order valence-corrected chi connectivity index (χ3v) is 2.20. The summed E-state index contributed by atoms with van der Waals surface area (Å²) >= 11 is 0. The lowest BCUT2D eigenvalue weighted by molar-refractivity contribution is -0.207. The summed E-state index contributed by atoms with van der Waals surface area (Å²) < 4.78 is 41.4. The van der Waals surface area contributed by atoms with E-state index < -0.39 is 24.4 Å². The first kappa shape index (κ1) is 18.2. The van der Waals surface area contributed by atoms with Crippen molar-refractivity contribution >= 4 is 5.97 Å². The van der Waals surface area contributed by atoms with E-state index in [4.69, 9.17) is 9.84 Å². The Kier molecular flexibility index (Phi) is 6.79. The molecule has 1 N–H and O–H groups in total. The lowest BCUT2D eigenvalue weighted by atomic mass is 10.2. The molecule has 0 saturated carbocycles. The molecule has 0 aliphatic carbocycles. The number of nitrogens with zero attached hydrogens (tertiary/aromatic N) is 1. The van der Waals surface area contributed by atoms with Crippen LogP contribution in [0.2, 0.25) is 0 Å². The number of carbonyl (C=O) groups excluding carboxylic acids is 1. The van der Waals surface area contributed by atoms with Gasteiger partial charge in [-0.2, -0.15) is 13.2 Å². The quantitative estimate of drug-likeness (QED) is 0.758. The number of hydrogen-bond acceptors (Lipinski definition) is 4. The van der Waals surface area contributed by atoms with Gasteiger partial charge in [-0.25, -0.2) is 0 Å². The van der Waals surface area contributed by atoms with E-state index in [1.54, 1.807) is 20.8 Å². The van der Waals surface area contributed by atoms with Gasteiger partial charge in [0, 0.05) is 13.0 Å². The van der Waals surface area contributed by atoms with Crippen molar-refractivity contribution in [2.24, 2.45) is 0 Å². The molecule has 114 valence electrons. The van der Waals surface area contributed by atoms with E-state index in [-0.39, 0.29) is 18.9 Å². The average molecular weight is 285 g/mol. The Morgan fingerprint density at radius 1 is 1.32 bits per heavy atom. The number of carbonyl (C=O) groups is 1. The van der Waals surface area contributed by atoms with Crippen LogP contribution in [-0.2, 0) is 9.53 Å². The van der Waals surface area contributed by atoms with E-state index in [1.807, 2.05) is 0 Å². The molecule has 0 aliphatic rings. The molecule has 0 spiro atoms. The van der Waals surface area contributed by atoms with E-state index in [9.17, 15) is 18.0 Å². The second kappa shape index (κ2) is 7.09. The van der Waals surface area contributed by atoms with Gasteiger partial charge >= 0.3 is 12.1 Å². The highest BCUT2D eigenvalue weighted by atomic mass is 19.4. The van der Waals surface area contributed by atoms with Gasteiger partial charge in [-0.05, 0) is 40.8 Å². The van der Waals surface area contributed by atoms with E-state index in [1.165, 1.54) is 11.9 Å². The zero-order chi connectivity index (χ0) is 15.3. The van der Waals surface area contributed by atoms with Gasteiger partial charge in [-0.1, -0.05) is 0 Å². The molecule has 0 aliphatic heterocycles. The van der Waals surface area contributed by atoms with Crippen molar-refractivity contribution in [1.29, 1.82) is 0 Å². The van der Waals surface area contributed by atoms with Crippen LogP contribution in [0, 0.1) is 0 Å². The summed E-state index contributed by atoms with van der Waals surface area (Å²) in [6.45, 7) is 5.02. The molecule has 19 heavy (non-hydrogen) atoms. The predicted octanol–water partition coefficient (Wildman–Crippen LogP) is 1.96. The highest BCUT2D eigenvalue weighted by molar-refractivity contribution is 5.69. The van der Waals surface area contributed by atoms with Gasteiger partial charge in [0.05, 0.1) is 0 Å². The van der Waals surface area contributed by atoms with Crippen molar-refractivity contribution in [2.45, 2.75) is 51.5 Å². The topological polar surface area (TPSA) is 49.8 Å². The van der Waals surface area contributed by atoms with Crippen LogP contribution in [0.5, 0.6) is 0 Å². The fraction of sp³-hybridized carbons (Fsp3) is 0.917. The highest BCUT2D eigenvalue weighted by Crippen LogP contribution is 2.20. The third kappa shape index (κ3) is 9.72. The molecular formula is C12H22F3NO3. The highest BCUT2D eigenvalue weighted by Gasteiger charge is 2.38. The first-order valence-electron chi connectivity index (χ1n) is 6.07. The summed E-state index contributed by atoms with van der Waals surface area (Å²) in [6.07, 6.45) is -6.45. The van der Waals surface area contributed by atoms with Gasteiger partial charge in [-0.3, -0.25) is 4.79 Å². The number of aliphatic hydroxyl groups is 1. The largest absolute Gasteiger partial charge is 0.460 e. The molecule has 0 radical (unpaired) electrons. The van der Waals surface area contributed by atoms with Crippen LogP contribution in [0.15, 0.2) is 0 Å². The SMILES string of the molecule is CN(CCCC(=O)OC(C)(C)C)C[C@@H](O)C(F)(F)F. The molecule has 0 heterocycles. The van der Waals surface area contributed by atoms with Gasteiger partial charge in [0.25, 0.3) is 0 Å². The molecule has 0 amide bonds. The van der Waals surface area contributed by atoms with Crippen LogP contribution in [0.3, 0.4) is 0 Å². The molecule has 1 atom stereocenters. The van der Waals surface area contributed by atoms with Crippen molar-refractivity contribution in [2.75, 3.05) is 20.1 Å². The number of hydrogen-bond donors (Lipinski definition) is 1. The van der Waals surface area contributed by atoms with E-state index in [0.717, 1.165) is 0 Å². The van der Waals surface area contributed by atoms with E-state index in [2.05, 4.69) is 0 Å². The number of ether oxygens (including phenoxy) is 1. The molecule has 0 aromatic rings. The summed E-state index contributed by atoms with van der Waals surface area (Å²) in [7, 11) is 1.46. The number of likely N-dealkylation sites (N-methyl/N-ethyl adjacent to an activating group) is 1. The minimum atomic E-state index is -4.61. The standard InChI is InChI=1S/C12H22F3NO3/c1-11(2,3)19-10(18)6-5-7-16(4)8-9(17)12(13,14)15/h9,17H,5-8H2,1-4H3/t9-/m1/s1. The number of rotatable bonds is 6. The molecule has 0 saturated heterocycles. The lowest BCUT2D eigenvalue weighted by Gasteiger charge is -2.22. The Labute approximate surface area is 111 Å². The van der Waals surface area contributed by atoms with E-state index >= 15 is 0 Å². The Hall–Kier alpha value is -0.820. The Morgan fingerprint density at radius 2 is 1.84 bits per heavy atom. The molecule has 0 fully saturated rings. The van der Waals surface area contributed by atoms with E-state index in [0.29, 0.717) is 6.42 Å². The minimum Gasteiger partial charge on any atom is -0.460 e. The molecule has 0 unspecified atom stereocenters. The minimum absolute atomic E-state index is 0.143. The van der Waals surface area contributed by atoms with Crippen molar-refractivity contribution < 1.29 is 27.8 Å². The number of halogens is 3. The van der Waals surface area contributed by atoms with Crippen LogP contribution in [-0.4, -0.2) is 54.0 Å². The smallest absolute Gasteiger partial charge is 0.415 e. The molecular weight excluding hydrogens is 263 g/mol. The van der Waals surface area contributed by atoms with Crippen LogP contribution < -0.4 is 0 Å². The van der Waals surface area contributed by atoms with Crippen LogP contribution in [0.4, 0.5) is 13.2 Å². The Morgan fingerprint density at radius 3 is 2.26 bits per heavy atom. The van der Waals surface area contributed by atoms with Crippen molar-refractivity contribution in [3.8, 4) is 0 Å². The maximum Gasteiger partial charge on any atom is 0.415 e. The van der Waals surface area contributed by atoms with Gasteiger partial charge in [0.15, 0.2) is 6.10 Å². The van der Waals surface area contributed by atoms with Crippen molar-refractivity contribution in [3.05, 3.63) is 0 Å². The monoisotopic (exact) mass is 285 g/mol. The van der Waals surface area contributed by atoms with Crippen LogP contribution >= 0.6 is 0 Å². The van der Waals surface area contributed by atoms with Crippen LogP contribution in [0.25, 0.3) is 0 Å². The Bertz CT molecular complexity index is 287. The van der Waals surface area contributed by atoms with Gasteiger partial charge in [0.1, 0.15) is 5.60 Å². The normalized spacial score (nSPS) is 14.6. The Balaban J connectivity index is 3.87. The average Bonchev–Trinajstić information content (AvgIpc) is 2.12. The summed E-state index contributed by atoms with van der Waals surface area (Å²) in [5, 5.41) is 8.86. The fourth-order valence-electron chi connectivity index (χ4n) is 1.38. The molecule has 0 aromatic heterocycles. The maximum atomic E-state index is 12.1. The zero-order valence-electron chi connectivity index (χ0n) is 11.8. The lowest BCUT2D eigenvalue weighted by Crippen LogP contribution is -2.39. The molecule has 0 aromatic carbocycles. The summed E-state index contributed by atoms with van der Waals surface area (Å²) in [6, 6.07) is 0. The van der Waals surface area contributed by atoms with Crippen molar-refractivity contribution in [1.82, 2.24) is 4.90 Å². The first-order valence-corrected chi connectivity index (χ1v) is 6.07. The fourth-order valence-corrected chi connectivity index (χ4v) is 1.38. The van der Waals surface area contributed by atoms with Crippen molar-refractivity contribution in [3.63, 3.8) is 0 Å². The summed E-state index contributed by atoms with van der Waals surface area (Å²) in [4.78, 5) is 12.7. The molecule has 4 nitrogen and oxygen atoms in total. The summed E-state index contributed by atoms with van der Waals surface area (Å²) in [5.74, 6) is -0.378. The van der Waals surface area contributed by atoms with Gasteiger partial charge in [-0.15, -0.1) is 0 Å². The number of esters is 1.